The topological polar surface area (TPSA) is 63.0 Å². The Labute approximate surface area is 112 Å². The predicted octanol–water partition coefficient (Wildman–Crippen LogP) is 2.18. The number of nitrogens with one attached hydrogen (secondary N) is 1. The molecule has 0 bridgehead atoms. The highest BCUT2D eigenvalue weighted by Crippen LogP contribution is 2.20. The summed E-state index contributed by atoms with van der Waals surface area (Å²) in [7, 11) is 0. The van der Waals surface area contributed by atoms with Gasteiger partial charge in [0.1, 0.15) is 11.6 Å². The van der Waals surface area contributed by atoms with Gasteiger partial charge in [0.2, 0.25) is 0 Å². The Balaban J connectivity index is 1.69. The Morgan fingerprint density at radius 2 is 2.11 bits per heavy atom. The molecule has 3 rings (SSSR count). The summed E-state index contributed by atoms with van der Waals surface area (Å²) in [4.78, 5) is 0. The molecule has 2 aromatic rings. The lowest BCUT2D eigenvalue weighted by Crippen LogP contribution is -2.20. The van der Waals surface area contributed by atoms with Crippen molar-refractivity contribution >= 4 is 5.69 Å². The summed E-state index contributed by atoms with van der Waals surface area (Å²) in [6, 6.07) is 7.04. The van der Waals surface area contributed by atoms with E-state index in [1.165, 1.54) is 6.42 Å². The number of nitrogens with zero attached hydrogens (tertiary/aromatic N) is 3. The molecule has 1 aromatic carbocycles. The fourth-order valence-corrected chi connectivity index (χ4v) is 2.44. The third-order valence-corrected chi connectivity index (χ3v) is 3.60. The van der Waals surface area contributed by atoms with Crippen molar-refractivity contribution in [2.45, 2.75) is 32.9 Å². The van der Waals surface area contributed by atoms with Crippen molar-refractivity contribution in [3.05, 3.63) is 35.9 Å². The molecular weight excluding hydrogens is 240 g/mol. The number of benzene rings is 1. The summed E-state index contributed by atoms with van der Waals surface area (Å²) in [6.07, 6.45) is 2.21. The molecule has 0 saturated heterocycles. The molecule has 0 spiro atoms. The van der Waals surface area contributed by atoms with Gasteiger partial charge < -0.3 is 15.0 Å². The van der Waals surface area contributed by atoms with Crippen molar-refractivity contribution in [2.24, 2.45) is 5.92 Å². The van der Waals surface area contributed by atoms with Crippen molar-refractivity contribution in [3.8, 4) is 5.75 Å². The van der Waals surface area contributed by atoms with E-state index >= 15 is 0 Å². The first kappa shape index (κ1) is 12.0. The van der Waals surface area contributed by atoms with Crippen molar-refractivity contribution in [1.82, 2.24) is 14.8 Å². The van der Waals surface area contributed by atoms with Gasteiger partial charge >= 0.3 is 0 Å². The van der Waals surface area contributed by atoms with Crippen LogP contribution in [0.4, 0.5) is 5.69 Å². The molecule has 0 fully saturated rings. The van der Waals surface area contributed by atoms with E-state index in [1.54, 1.807) is 12.1 Å². The number of aromatic hydroxyl groups is 1. The molecule has 1 aliphatic heterocycles. The zero-order valence-corrected chi connectivity index (χ0v) is 11.0. The van der Waals surface area contributed by atoms with E-state index in [0.29, 0.717) is 12.5 Å². The number of hydrogen-bond acceptors (Lipinski definition) is 4. The summed E-state index contributed by atoms with van der Waals surface area (Å²) in [5, 5.41) is 21.1. The first-order chi connectivity index (χ1) is 9.22. The number of fused-ring (bicyclic) bond motifs is 1. The quantitative estimate of drug-likeness (QED) is 0.828. The van der Waals surface area contributed by atoms with Crippen LogP contribution in [-0.4, -0.2) is 19.9 Å². The molecule has 5 nitrogen and oxygen atoms in total. The zero-order chi connectivity index (χ0) is 13.2. The van der Waals surface area contributed by atoms with E-state index in [1.807, 2.05) is 12.1 Å². The second-order valence-corrected chi connectivity index (χ2v) is 5.18. The molecule has 1 aliphatic rings. The normalized spacial score (nSPS) is 18.1. The molecule has 1 aromatic heterocycles. The largest absolute Gasteiger partial charge is 0.508 e. The Morgan fingerprint density at radius 3 is 2.89 bits per heavy atom. The fourth-order valence-electron chi connectivity index (χ4n) is 2.44. The zero-order valence-electron chi connectivity index (χ0n) is 11.0. The maximum Gasteiger partial charge on any atom is 0.152 e. The van der Waals surface area contributed by atoms with Gasteiger partial charge in [-0.05, 0) is 36.6 Å². The van der Waals surface area contributed by atoms with Crippen LogP contribution in [0.3, 0.4) is 0 Å². The number of hydrogen-bond donors (Lipinski definition) is 2. The van der Waals surface area contributed by atoms with Crippen LogP contribution < -0.4 is 5.32 Å². The molecule has 0 aliphatic carbocycles. The van der Waals surface area contributed by atoms with Crippen molar-refractivity contribution in [3.63, 3.8) is 0 Å². The third kappa shape index (κ3) is 2.54. The van der Waals surface area contributed by atoms with Gasteiger partial charge in [0, 0.05) is 18.7 Å². The summed E-state index contributed by atoms with van der Waals surface area (Å²) in [6.45, 7) is 3.93. The van der Waals surface area contributed by atoms with Gasteiger partial charge in [0.25, 0.3) is 0 Å². The third-order valence-electron chi connectivity index (χ3n) is 3.60. The highest BCUT2D eigenvalue weighted by molar-refractivity contribution is 5.45. The molecule has 0 amide bonds. The van der Waals surface area contributed by atoms with Gasteiger partial charge in [-0.2, -0.15) is 0 Å². The maximum absolute atomic E-state index is 9.24. The fraction of sp³-hybridized carbons (Fsp3) is 0.429. The van der Waals surface area contributed by atoms with Gasteiger partial charge in [-0.15, -0.1) is 10.2 Å². The van der Waals surface area contributed by atoms with E-state index in [-0.39, 0.29) is 5.75 Å². The number of anilines is 1. The minimum Gasteiger partial charge on any atom is -0.508 e. The minimum atomic E-state index is 0.277. The average molecular weight is 258 g/mol. The van der Waals surface area contributed by atoms with Gasteiger partial charge in [-0.1, -0.05) is 6.92 Å². The van der Waals surface area contributed by atoms with Gasteiger partial charge in [0.15, 0.2) is 5.82 Å². The predicted molar refractivity (Wildman–Crippen MR) is 72.9 cm³/mol. The average Bonchev–Trinajstić information content (AvgIpc) is 2.80. The molecule has 19 heavy (non-hydrogen) atoms. The second kappa shape index (κ2) is 4.91. The second-order valence-electron chi connectivity index (χ2n) is 5.18. The first-order valence-electron chi connectivity index (χ1n) is 6.66. The van der Waals surface area contributed by atoms with Crippen LogP contribution in [0.25, 0.3) is 0 Å². The summed E-state index contributed by atoms with van der Waals surface area (Å²) < 4.78 is 2.22. The van der Waals surface area contributed by atoms with E-state index in [0.717, 1.165) is 30.3 Å². The highest BCUT2D eigenvalue weighted by atomic mass is 16.3. The number of aromatic nitrogens is 3. The first-order valence-corrected chi connectivity index (χ1v) is 6.66. The summed E-state index contributed by atoms with van der Waals surface area (Å²) >= 11 is 0. The highest BCUT2D eigenvalue weighted by Gasteiger charge is 2.19. The Kier molecular flexibility index (Phi) is 3.11. The standard InChI is InChI=1S/C14H18N4O/c1-10-6-7-18-13(8-10)16-17-14(18)9-15-11-2-4-12(19)5-3-11/h2-5,10,15,19H,6-9H2,1H3. The van der Waals surface area contributed by atoms with Crippen molar-refractivity contribution in [2.75, 3.05) is 5.32 Å². The number of phenols is 1. The lowest BCUT2D eigenvalue weighted by molar-refractivity contribution is 0.403. The summed E-state index contributed by atoms with van der Waals surface area (Å²) in [5.74, 6) is 3.06. The van der Waals surface area contributed by atoms with Crippen LogP contribution in [0.1, 0.15) is 25.0 Å². The van der Waals surface area contributed by atoms with E-state index in [2.05, 4.69) is 27.0 Å². The van der Waals surface area contributed by atoms with Crippen LogP contribution in [0.15, 0.2) is 24.3 Å². The molecule has 1 unspecified atom stereocenters. The molecule has 2 N–H and O–H groups in total. The lowest BCUT2D eigenvalue weighted by atomic mass is 10.0. The number of phenolic OH excluding ortho intramolecular Hbond substituents is 1. The maximum atomic E-state index is 9.24. The monoisotopic (exact) mass is 258 g/mol. The van der Waals surface area contributed by atoms with E-state index < -0.39 is 0 Å². The molecule has 5 heteroatoms. The van der Waals surface area contributed by atoms with Crippen molar-refractivity contribution < 1.29 is 5.11 Å². The van der Waals surface area contributed by atoms with Gasteiger partial charge in [-0.25, -0.2) is 0 Å². The van der Waals surface area contributed by atoms with Crippen LogP contribution in [0.5, 0.6) is 5.75 Å². The molecule has 1 atom stereocenters. The Morgan fingerprint density at radius 1 is 1.32 bits per heavy atom. The minimum absolute atomic E-state index is 0.277. The molecule has 2 heterocycles. The smallest absolute Gasteiger partial charge is 0.152 e. The Bertz CT molecular complexity index is 561. The van der Waals surface area contributed by atoms with Crippen LogP contribution in [0.2, 0.25) is 0 Å². The number of rotatable bonds is 3. The molecular formula is C14H18N4O. The van der Waals surface area contributed by atoms with E-state index in [4.69, 9.17) is 0 Å². The van der Waals surface area contributed by atoms with Gasteiger partial charge in [-0.3, -0.25) is 0 Å². The van der Waals surface area contributed by atoms with Crippen LogP contribution in [-0.2, 0) is 19.5 Å². The van der Waals surface area contributed by atoms with Crippen LogP contribution >= 0.6 is 0 Å². The SMILES string of the molecule is CC1CCn2c(CNc3ccc(O)cc3)nnc2C1. The van der Waals surface area contributed by atoms with Crippen LogP contribution in [0, 0.1) is 5.92 Å². The van der Waals surface area contributed by atoms with Gasteiger partial charge in [0.05, 0.1) is 6.54 Å². The molecule has 0 saturated carbocycles. The Hall–Kier alpha value is -2.04. The lowest BCUT2D eigenvalue weighted by Gasteiger charge is -2.20. The molecule has 100 valence electrons. The van der Waals surface area contributed by atoms with Crippen molar-refractivity contribution in [1.29, 1.82) is 0 Å². The summed E-state index contributed by atoms with van der Waals surface area (Å²) in [5.41, 5.74) is 0.972. The van der Waals surface area contributed by atoms with E-state index in [9.17, 15) is 5.11 Å². The molecule has 0 radical (unpaired) electrons.